The van der Waals surface area contributed by atoms with Crippen LogP contribution in [0.4, 0.5) is 5.69 Å². The van der Waals surface area contributed by atoms with Gasteiger partial charge in [-0.2, -0.15) is 0 Å². The molecule has 120 valence electrons. The van der Waals surface area contributed by atoms with Gasteiger partial charge < -0.3 is 19.9 Å². The average molecular weight is 320 g/mol. The number of hydrogen-bond donors (Lipinski definition) is 2. The highest BCUT2D eigenvalue weighted by molar-refractivity contribution is 7.80. The van der Waals surface area contributed by atoms with E-state index in [1.54, 1.807) is 4.90 Å². The van der Waals surface area contributed by atoms with Gasteiger partial charge in [-0.1, -0.05) is 18.2 Å². The van der Waals surface area contributed by atoms with E-state index in [4.69, 9.17) is 17.0 Å². The van der Waals surface area contributed by atoms with Crippen LogP contribution in [-0.2, 0) is 11.2 Å². The highest BCUT2D eigenvalue weighted by atomic mass is 32.1. The number of benzene rings is 1. The molecule has 22 heavy (non-hydrogen) atoms. The smallest absolute Gasteiger partial charge is 0.173 e. The maximum absolute atomic E-state index is 5.67. The van der Waals surface area contributed by atoms with Crippen LogP contribution in [-0.4, -0.2) is 50.5 Å². The Balaban J connectivity index is 1.57. The van der Waals surface area contributed by atoms with E-state index in [0.29, 0.717) is 6.04 Å². The maximum atomic E-state index is 5.67. The van der Waals surface area contributed by atoms with Gasteiger partial charge in [0.2, 0.25) is 0 Å². The zero-order valence-corrected chi connectivity index (χ0v) is 14.1. The van der Waals surface area contributed by atoms with Crippen molar-refractivity contribution < 1.29 is 9.64 Å². The van der Waals surface area contributed by atoms with Crippen molar-refractivity contribution in [1.29, 1.82) is 0 Å². The minimum Gasteiger partial charge on any atom is -0.370 e. The molecule has 1 aromatic rings. The van der Waals surface area contributed by atoms with Crippen molar-refractivity contribution in [1.82, 2.24) is 5.32 Å². The molecule has 2 N–H and O–H groups in total. The van der Waals surface area contributed by atoms with E-state index in [9.17, 15) is 0 Å². The van der Waals surface area contributed by atoms with Gasteiger partial charge in [0, 0.05) is 11.7 Å². The number of aryl methyl sites for hydroxylation is 1. The maximum Gasteiger partial charge on any atom is 0.173 e. The van der Waals surface area contributed by atoms with Crippen molar-refractivity contribution in [2.24, 2.45) is 0 Å². The fraction of sp³-hybridized carbons (Fsp3) is 0.588. The Kier molecular flexibility index (Phi) is 5.28. The molecule has 0 aliphatic carbocycles. The molecule has 2 heterocycles. The van der Waals surface area contributed by atoms with E-state index < -0.39 is 0 Å². The molecule has 4 nitrogen and oxygen atoms in total. The zero-order valence-electron chi connectivity index (χ0n) is 13.3. The summed E-state index contributed by atoms with van der Waals surface area (Å²) >= 11 is 5.67. The SMILES string of the molecule is C[C@@H]1CCc2ccccc2N1C(=S)NCC[NH+]1CCOCC1. The first-order valence-corrected chi connectivity index (χ1v) is 8.73. The normalized spacial score (nSPS) is 22.2. The molecule has 1 fully saturated rings. The van der Waals surface area contributed by atoms with Crippen LogP contribution in [0.15, 0.2) is 24.3 Å². The number of nitrogens with one attached hydrogen (secondary N) is 2. The van der Waals surface area contributed by atoms with Crippen LogP contribution in [0.2, 0.25) is 0 Å². The summed E-state index contributed by atoms with van der Waals surface area (Å²) < 4.78 is 5.40. The topological polar surface area (TPSA) is 28.9 Å². The molecule has 0 radical (unpaired) electrons. The van der Waals surface area contributed by atoms with Gasteiger partial charge in [0.05, 0.1) is 26.3 Å². The van der Waals surface area contributed by atoms with Gasteiger partial charge in [-0.15, -0.1) is 0 Å². The minimum absolute atomic E-state index is 0.464. The summed E-state index contributed by atoms with van der Waals surface area (Å²) in [5, 5.41) is 4.33. The van der Waals surface area contributed by atoms with Crippen molar-refractivity contribution >= 4 is 23.0 Å². The fourth-order valence-corrected chi connectivity index (χ4v) is 3.72. The first kappa shape index (κ1) is 15.7. The van der Waals surface area contributed by atoms with E-state index in [1.165, 1.54) is 11.3 Å². The summed E-state index contributed by atoms with van der Waals surface area (Å²) in [6, 6.07) is 9.09. The molecular formula is C17H26N3OS+. The molecular weight excluding hydrogens is 294 g/mol. The van der Waals surface area contributed by atoms with Crippen LogP contribution in [0, 0.1) is 0 Å². The Morgan fingerprint density at radius 3 is 2.95 bits per heavy atom. The van der Waals surface area contributed by atoms with E-state index in [-0.39, 0.29) is 0 Å². The summed E-state index contributed by atoms with van der Waals surface area (Å²) in [4.78, 5) is 3.90. The van der Waals surface area contributed by atoms with Crippen molar-refractivity contribution in [3.8, 4) is 0 Å². The molecule has 0 spiro atoms. The molecule has 0 bridgehead atoms. The Labute approximate surface area is 138 Å². The summed E-state index contributed by atoms with van der Waals surface area (Å²) in [5.41, 5.74) is 2.68. The van der Waals surface area contributed by atoms with Gasteiger partial charge >= 0.3 is 0 Å². The van der Waals surface area contributed by atoms with Crippen LogP contribution in [0.25, 0.3) is 0 Å². The van der Waals surface area contributed by atoms with Crippen LogP contribution in [0.1, 0.15) is 18.9 Å². The number of rotatable bonds is 3. The summed E-state index contributed by atoms with van der Waals surface area (Å²) in [5.74, 6) is 0. The largest absolute Gasteiger partial charge is 0.370 e. The Bertz CT molecular complexity index is 516. The van der Waals surface area contributed by atoms with Crippen LogP contribution in [0.5, 0.6) is 0 Å². The van der Waals surface area contributed by atoms with E-state index in [0.717, 1.165) is 57.3 Å². The Morgan fingerprint density at radius 1 is 1.36 bits per heavy atom. The molecule has 0 unspecified atom stereocenters. The number of quaternary nitrogens is 1. The lowest BCUT2D eigenvalue weighted by Gasteiger charge is -2.37. The molecule has 1 aromatic carbocycles. The molecule has 2 aliphatic heterocycles. The minimum atomic E-state index is 0.464. The number of nitrogens with zero attached hydrogens (tertiary/aromatic N) is 1. The molecule has 1 saturated heterocycles. The summed E-state index contributed by atoms with van der Waals surface area (Å²) in [6.45, 7) is 8.28. The number of morpholine rings is 1. The predicted molar refractivity (Wildman–Crippen MR) is 93.7 cm³/mol. The van der Waals surface area contributed by atoms with E-state index >= 15 is 0 Å². The third-order valence-corrected chi connectivity index (χ3v) is 5.04. The Hall–Kier alpha value is -1.17. The summed E-state index contributed by atoms with van der Waals surface area (Å²) in [6.07, 6.45) is 2.31. The molecule has 2 aliphatic rings. The Morgan fingerprint density at radius 2 is 2.14 bits per heavy atom. The quantitative estimate of drug-likeness (QED) is 0.799. The van der Waals surface area contributed by atoms with Gasteiger partial charge in [-0.05, 0) is 43.6 Å². The van der Waals surface area contributed by atoms with Crippen molar-refractivity contribution in [3.63, 3.8) is 0 Å². The zero-order chi connectivity index (χ0) is 15.4. The van der Waals surface area contributed by atoms with Crippen LogP contribution >= 0.6 is 12.2 Å². The first-order chi connectivity index (χ1) is 10.8. The average Bonchev–Trinajstić information content (AvgIpc) is 2.55. The third kappa shape index (κ3) is 3.59. The number of anilines is 1. The molecule has 5 heteroatoms. The number of fused-ring (bicyclic) bond motifs is 1. The van der Waals surface area contributed by atoms with Crippen molar-refractivity contribution in [2.75, 3.05) is 44.3 Å². The van der Waals surface area contributed by atoms with E-state index in [1.807, 2.05) is 0 Å². The lowest BCUT2D eigenvalue weighted by Crippen LogP contribution is -3.14. The molecule has 3 rings (SSSR count). The van der Waals surface area contributed by atoms with Crippen molar-refractivity contribution in [2.45, 2.75) is 25.8 Å². The number of thiocarbonyl (C=S) groups is 1. The number of para-hydroxylation sites is 1. The lowest BCUT2D eigenvalue weighted by atomic mass is 9.97. The third-order valence-electron chi connectivity index (χ3n) is 4.70. The van der Waals surface area contributed by atoms with Gasteiger partial charge in [0.1, 0.15) is 13.1 Å². The number of ether oxygens (including phenoxy) is 1. The molecule has 1 atom stereocenters. The van der Waals surface area contributed by atoms with Gasteiger partial charge in [-0.25, -0.2) is 0 Å². The molecule has 0 amide bonds. The first-order valence-electron chi connectivity index (χ1n) is 8.32. The van der Waals surface area contributed by atoms with E-state index in [2.05, 4.69) is 41.4 Å². The second kappa shape index (κ2) is 7.40. The van der Waals surface area contributed by atoms with Gasteiger partial charge in [0.25, 0.3) is 0 Å². The monoisotopic (exact) mass is 320 g/mol. The molecule has 0 aromatic heterocycles. The highest BCUT2D eigenvalue weighted by Crippen LogP contribution is 2.30. The standard InChI is InChI=1S/C17H25N3OS/c1-14-6-7-15-4-2-3-5-16(15)20(14)17(22)18-8-9-19-10-12-21-13-11-19/h2-5,14H,6-13H2,1H3,(H,18,22)/p+1/t14-/m1/s1. The highest BCUT2D eigenvalue weighted by Gasteiger charge is 2.25. The fourth-order valence-electron chi connectivity index (χ4n) is 3.34. The summed E-state index contributed by atoms with van der Waals surface area (Å²) in [7, 11) is 0. The van der Waals surface area contributed by atoms with Gasteiger partial charge in [0.15, 0.2) is 5.11 Å². The second-order valence-electron chi connectivity index (χ2n) is 6.23. The number of hydrogen-bond acceptors (Lipinski definition) is 2. The molecule has 0 saturated carbocycles. The van der Waals surface area contributed by atoms with Crippen LogP contribution < -0.4 is 15.1 Å². The van der Waals surface area contributed by atoms with Gasteiger partial charge in [-0.3, -0.25) is 0 Å². The predicted octanol–water partition coefficient (Wildman–Crippen LogP) is 0.617. The van der Waals surface area contributed by atoms with Crippen LogP contribution in [0.3, 0.4) is 0 Å². The lowest BCUT2D eigenvalue weighted by molar-refractivity contribution is -0.906. The van der Waals surface area contributed by atoms with Crippen molar-refractivity contribution in [3.05, 3.63) is 29.8 Å². The second-order valence-corrected chi connectivity index (χ2v) is 6.62.